The predicted molar refractivity (Wildman–Crippen MR) is 98.5 cm³/mol. The zero-order valence-electron chi connectivity index (χ0n) is 15.4. The van der Waals surface area contributed by atoms with Gasteiger partial charge in [-0.05, 0) is 49.4 Å². The zero-order chi connectivity index (χ0) is 19.3. The number of carbonyl (C=O) groups excluding carboxylic acids is 2. The van der Waals surface area contributed by atoms with Crippen molar-refractivity contribution in [3.8, 4) is 6.07 Å². The van der Waals surface area contributed by atoms with Crippen LogP contribution in [0.25, 0.3) is 0 Å². The lowest BCUT2D eigenvalue weighted by atomic mass is 9.99. The fourth-order valence-corrected chi connectivity index (χ4v) is 4.30. The zero-order valence-corrected chi connectivity index (χ0v) is 15.4. The highest BCUT2D eigenvalue weighted by atomic mass is 16.3. The van der Waals surface area contributed by atoms with Crippen molar-refractivity contribution in [2.45, 2.75) is 31.2 Å². The number of nitriles is 1. The van der Waals surface area contributed by atoms with Crippen LogP contribution in [-0.2, 0) is 0 Å². The summed E-state index contributed by atoms with van der Waals surface area (Å²) < 4.78 is 5.47. The van der Waals surface area contributed by atoms with E-state index in [0.717, 1.165) is 19.3 Å². The summed E-state index contributed by atoms with van der Waals surface area (Å²) in [5.74, 6) is 1.17. The number of aromatic nitrogens is 1. The van der Waals surface area contributed by atoms with Crippen molar-refractivity contribution in [1.82, 2.24) is 14.8 Å². The van der Waals surface area contributed by atoms with E-state index in [9.17, 15) is 9.59 Å². The third-order valence-corrected chi connectivity index (χ3v) is 5.89. The molecule has 2 aromatic rings. The van der Waals surface area contributed by atoms with Gasteiger partial charge in [0.2, 0.25) is 0 Å². The summed E-state index contributed by atoms with van der Waals surface area (Å²) in [7, 11) is 0. The lowest BCUT2D eigenvalue weighted by Gasteiger charge is -2.32. The molecule has 2 amide bonds. The van der Waals surface area contributed by atoms with Gasteiger partial charge in [0.25, 0.3) is 11.8 Å². The largest absolute Gasteiger partial charge is 0.448 e. The van der Waals surface area contributed by atoms with Gasteiger partial charge >= 0.3 is 0 Å². The second kappa shape index (κ2) is 6.48. The summed E-state index contributed by atoms with van der Waals surface area (Å²) in [6, 6.07) is 8.76. The predicted octanol–water partition coefficient (Wildman–Crippen LogP) is 2.41. The van der Waals surface area contributed by atoms with Crippen LogP contribution in [0.3, 0.4) is 0 Å². The Morgan fingerprint density at radius 1 is 1.11 bits per heavy atom. The highest BCUT2D eigenvalue weighted by Gasteiger charge is 2.43. The molecule has 0 radical (unpaired) electrons. The van der Waals surface area contributed by atoms with Crippen molar-refractivity contribution in [3.05, 3.63) is 53.2 Å². The fourth-order valence-electron chi connectivity index (χ4n) is 4.30. The maximum absolute atomic E-state index is 12.9. The third kappa shape index (κ3) is 2.95. The van der Waals surface area contributed by atoms with Gasteiger partial charge in [-0.25, -0.2) is 4.98 Å². The molecule has 2 unspecified atom stereocenters. The first-order valence-electron chi connectivity index (χ1n) is 9.68. The van der Waals surface area contributed by atoms with Crippen LogP contribution < -0.4 is 0 Å². The second-order valence-corrected chi connectivity index (χ2v) is 7.96. The van der Waals surface area contributed by atoms with Crippen LogP contribution in [0.1, 0.15) is 57.5 Å². The SMILES string of the molecule is N#Cc1ccc(C(=O)N2CC3CC(C2)N(C(=O)c2coc(C4CC4)n2)C3)cc1. The number of oxazole rings is 1. The van der Waals surface area contributed by atoms with Crippen LogP contribution >= 0.6 is 0 Å². The van der Waals surface area contributed by atoms with Gasteiger partial charge in [0.15, 0.2) is 11.6 Å². The van der Waals surface area contributed by atoms with Gasteiger partial charge in [-0.1, -0.05) is 0 Å². The Bertz CT molecular complexity index is 970. The summed E-state index contributed by atoms with van der Waals surface area (Å²) in [5, 5.41) is 8.91. The van der Waals surface area contributed by atoms with E-state index in [1.54, 1.807) is 24.3 Å². The summed E-state index contributed by atoms with van der Waals surface area (Å²) >= 11 is 0. The molecular formula is C21H20N4O3. The molecule has 2 bridgehead atoms. The van der Waals surface area contributed by atoms with Crippen LogP contribution in [-0.4, -0.2) is 52.3 Å². The van der Waals surface area contributed by atoms with E-state index in [0.29, 0.717) is 48.3 Å². The number of hydrogen-bond donors (Lipinski definition) is 0. The normalized spacial score (nSPS) is 23.5. The lowest BCUT2D eigenvalue weighted by molar-refractivity contribution is 0.0616. The molecule has 2 saturated heterocycles. The number of rotatable bonds is 3. The van der Waals surface area contributed by atoms with Crippen LogP contribution in [0.4, 0.5) is 0 Å². The van der Waals surface area contributed by atoms with Gasteiger partial charge in [-0.15, -0.1) is 0 Å². The Morgan fingerprint density at radius 2 is 1.89 bits per heavy atom. The quantitative estimate of drug-likeness (QED) is 0.820. The molecule has 1 aromatic heterocycles. The van der Waals surface area contributed by atoms with Crippen LogP contribution in [0.2, 0.25) is 0 Å². The number of likely N-dealkylation sites (tertiary alicyclic amines) is 2. The number of hydrogen-bond acceptors (Lipinski definition) is 5. The van der Waals surface area contributed by atoms with Crippen LogP contribution in [0, 0.1) is 17.2 Å². The van der Waals surface area contributed by atoms with E-state index in [-0.39, 0.29) is 23.8 Å². The molecule has 0 N–H and O–H groups in total. The van der Waals surface area contributed by atoms with Crippen molar-refractivity contribution in [2.24, 2.45) is 5.92 Å². The third-order valence-electron chi connectivity index (χ3n) is 5.89. The minimum atomic E-state index is -0.101. The van der Waals surface area contributed by atoms with Gasteiger partial charge in [0.1, 0.15) is 6.26 Å². The highest BCUT2D eigenvalue weighted by molar-refractivity contribution is 5.95. The highest BCUT2D eigenvalue weighted by Crippen LogP contribution is 2.39. The molecule has 7 nitrogen and oxygen atoms in total. The summed E-state index contributed by atoms with van der Waals surface area (Å²) in [6.07, 6.45) is 4.54. The Labute approximate surface area is 162 Å². The number of piperidine rings is 1. The van der Waals surface area contributed by atoms with Crippen molar-refractivity contribution in [2.75, 3.05) is 19.6 Å². The number of nitrogens with zero attached hydrogens (tertiary/aromatic N) is 4. The monoisotopic (exact) mass is 376 g/mol. The van der Waals surface area contributed by atoms with Crippen molar-refractivity contribution in [3.63, 3.8) is 0 Å². The average molecular weight is 376 g/mol. The Balaban J connectivity index is 1.29. The first-order chi connectivity index (χ1) is 13.6. The molecule has 1 aliphatic carbocycles. The van der Waals surface area contributed by atoms with Gasteiger partial charge < -0.3 is 14.2 Å². The number of amides is 2. The Morgan fingerprint density at radius 3 is 2.61 bits per heavy atom. The molecule has 0 spiro atoms. The molecular weight excluding hydrogens is 356 g/mol. The van der Waals surface area contributed by atoms with Gasteiger partial charge in [-0.2, -0.15) is 5.26 Å². The van der Waals surface area contributed by atoms with Crippen molar-refractivity contribution < 1.29 is 14.0 Å². The van der Waals surface area contributed by atoms with Gasteiger partial charge in [0, 0.05) is 31.1 Å². The first kappa shape index (κ1) is 17.0. The fraction of sp³-hybridized carbons (Fsp3) is 0.429. The standard InChI is InChI=1S/C21H20N4O3/c22-8-13-1-3-16(4-2-13)20(26)24-9-14-7-17(11-24)25(10-14)21(27)18-12-28-19(23-18)15-5-6-15/h1-4,12,14-15,17H,5-7,9-11H2. The first-order valence-corrected chi connectivity index (χ1v) is 9.68. The maximum Gasteiger partial charge on any atom is 0.276 e. The lowest BCUT2D eigenvalue weighted by Crippen LogP contribution is -2.46. The molecule has 3 heterocycles. The van der Waals surface area contributed by atoms with Crippen LogP contribution in [0.5, 0.6) is 0 Å². The Kier molecular flexibility index (Phi) is 3.93. The van der Waals surface area contributed by atoms with E-state index in [2.05, 4.69) is 11.1 Å². The van der Waals surface area contributed by atoms with Crippen molar-refractivity contribution >= 4 is 11.8 Å². The second-order valence-electron chi connectivity index (χ2n) is 7.96. The average Bonchev–Trinajstić information content (AvgIpc) is 3.39. The molecule has 28 heavy (non-hydrogen) atoms. The van der Waals surface area contributed by atoms with E-state index < -0.39 is 0 Å². The number of fused-ring (bicyclic) bond motifs is 2. The van der Waals surface area contributed by atoms with Crippen LogP contribution in [0.15, 0.2) is 34.9 Å². The van der Waals surface area contributed by atoms with Crippen molar-refractivity contribution in [1.29, 1.82) is 5.26 Å². The smallest absolute Gasteiger partial charge is 0.276 e. The van der Waals surface area contributed by atoms with Gasteiger partial charge in [0.05, 0.1) is 17.7 Å². The molecule has 142 valence electrons. The minimum absolute atomic E-state index is 0.00894. The van der Waals surface area contributed by atoms with E-state index in [4.69, 9.17) is 9.68 Å². The minimum Gasteiger partial charge on any atom is -0.448 e. The molecule has 1 saturated carbocycles. The van der Waals surface area contributed by atoms with E-state index in [1.807, 2.05) is 9.80 Å². The Hall–Kier alpha value is -3.14. The number of benzene rings is 1. The van der Waals surface area contributed by atoms with E-state index in [1.165, 1.54) is 6.26 Å². The molecule has 7 heteroatoms. The molecule has 1 aromatic carbocycles. The van der Waals surface area contributed by atoms with Gasteiger partial charge in [-0.3, -0.25) is 9.59 Å². The molecule has 3 fully saturated rings. The summed E-state index contributed by atoms with van der Waals surface area (Å²) in [6.45, 7) is 1.81. The molecule has 2 aliphatic heterocycles. The molecule has 2 atom stereocenters. The topological polar surface area (TPSA) is 90.4 Å². The summed E-state index contributed by atoms with van der Waals surface area (Å²) in [4.78, 5) is 33.9. The number of carbonyl (C=O) groups is 2. The van der Waals surface area contributed by atoms with E-state index >= 15 is 0 Å². The maximum atomic E-state index is 12.9. The molecule has 5 rings (SSSR count). The molecule has 3 aliphatic rings. The summed E-state index contributed by atoms with van der Waals surface area (Å²) in [5.41, 5.74) is 1.48.